The molecule has 0 saturated heterocycles. The van der Waals surface area contributed by atoms with Crippen molar-refractivity contribution in [2.75, 3.05) is 7.11 Å². The molecule has 1 aliphatic rings. The van der Waals surface area contributed by atoms with E-state index in [0.29, 0.717) is 17.2 Å². The maximum atomic E-state index is 13.1. The Balaban J connectivity index is 2.15. The second-order valence-corrected chi connectivity index (χ2v) is 5.43. The summed E-state index contributed by atoms with van der Waals surface area (Å²) in [5.41, 5.74) is 3.72. The van der Waals surface area contributed by atoms with Gasteiger partial charge in [-0.15, -0.1) is 0 Å². The highest BCUT2D eigenvalue weighted by molar-refractivity contribution is 5.83. The zero-order valence-corrected chi connectivity index (χ0v) is 11.9. The Bertz CT molecular complexity index is 658. The minimum Gasteiger partial charge on any atom is -0.496 e. The van der Waals surface area contributed by atoms with E-state index in [1.807, 2.05) is 12.1 Å². The second kappa shape index (κ2) is 5.68. The first-order chi connectivity index (χ1) is 10.2. The van der Waals surface area contributed by atoms with Gasteiger partial charge in [0.05, 0.1) is 12.7 Å². The number of aldehydes is 1. The largest absolute Gasteiger partial charge is 0.496 e. The number of halogens is 1. The maximum Gasteiger partial charge on any atom is 0.153 e. The van der Waals surface area contributed by atoms with Crippen molar-refractivity contribution in [1.82, 2.24) is 0 Å². The second-order valence-electron chi connectivity index (χ2n) is 5.43. The van der Waals surface area contributed by atoms with Gasteiger partial charge in [0.2, 0.25) is 0 Å². The summed E-state index contributed by atoms with van der Waals surface area (Å²) < 4.78 is 18.4. The smallest absolute Gasteiger partial charge is 0.153 e. The summed E-state index contributed by atoms with van der Waals surface area (Å²) in [6.07, 6.45) is 4.32. The fourth-order valence-electron chi connectivity index (χ4n) is 2.82. The SMILES string of the molecule is COc1cc(-c2ccc(F)cc2)c(C2CCC2)cc1C=O. The summed E-state index contributed by atoms with van der Waals surface area (Å²) in [5, 5.41) is 0. The summed E-state index contributed by atoms with van der Waals surface area (Å²) in [5.74, 6) is 0.794. The van der Waals surface area contributed by atoms with Crippen LogP contribution in [0.25, 0.3) is 11.1 Å². The molecule has 0 radical (unpaired) electrons. The number of methoxy groups -OCH3 is 1. The molecule has 3 heteroatoms. The van der Waals surface area contributed by atoms with Crippen LogP contribution in [0.3, 0.4) is 0 Å². The van der Waals surface area contributed by atoms with E-state index in [2.05, 4.69) is 0 Å². The van der Waals surface area contributed by atoms with Crippen LogP contribution in [0, 0.1) is 5.82 Å². The molecule has 2 aromatic carbocycles. The summed E-state index contributed by atoms with van der Waals surface area (Å²) in [4.78, 5) is 11.2. The van der Waals surface area contributed by atoms with Gasteiger partial charge in [-0.3, -0.25) is 4.79 Å². The lowest BCUT2D eigenvalue weighted by Crippen LogP contribution is -2.11. The first-order valence-electron chi connectivity index (χ1n) is 7.16. The number of benzene rings is 2. The number of hydrogen-bond acceptors (Lipinski definition) is 2. The molecule has 0 bridgehead atoms. The average Bonchev–Trinajstić information content (AvgIpc) is 2.46. The predicted octanol–water partition coefficient (Wildman–Crippen LogP) is 4.58. The fraction of sp³-hybridized carbons (Fsp3) is 0.278. The summed E-state index contributed by atoms with van der Waals surface area (Å²) in [7, 11) is 1.56. The Morgan fingerprint density at radius 1 is 1.19 bits per heavy atom. The molecule has 21 heavy (non-hydrogen) atoms. The zero-order valence-electron chi connectivity index (χ0n) is 11.9. The van der Waals surface area contributed by atoms with E-state index >= 15 is 0 Å². The maximum absolute atomic E-state index is 13.1. The van der Waals surface area contributed by atoms with Gasteiger partial charge >= 0.3 is 0 Å². The van der Waals surface area contributed by atoms with Gasteiger partial charge in [-0.25, -0.2) is 4.39 Å². The molecule has 1 aliphatic carbocycles. The highest BCUT2D eigenvalue weighted by Gasteiger charge is 2.24. The number of ether oxygens (including phenoxy) is 1. The molecule has 0 N–H and O–H groups in total. The standard InChI is InChI=1S/C18H17FO2/c1-21-18-10-17(13-5-7-15(19)8-6-13)16(9-14(18)11-20)12-3-2-4-12/h5-12H,2-4H2,1H3. The molecule has 0 heterocycles. The Hall–Kier alpha value is -2.16. The molecule has 0 atom stereocenters. The van der Waals surface area contributed by atoms with E-state index in [1.54, 1.807) is 19.2 Å². The highest BCUT2D eigenvalue weighted by Crippen LogP contribution is 2.43. The van der Waals surface area contributed by atoms with E-state index in [0.717, 1.165) is 35.8 Å². The van der Waals surface area contributed by atoms with Gasteiger partial charge in [0, 0.05) is 0 Å². The Morgan fingerprint density at radius 2 is 1.90 bits per heavy atom. The minimum atomic E-state index is -0.250. The van der Waals surface area contributed by atoms with Crippen molar-refractivity contribution in [2.24, 2.45) is 0 Å². The fourth-order valence-corrected chi connectivity index (χ4v) is 2.82. The Morgan fingerprint density at radius 3 is 2.43 bits per heavy atom. The lowest BCUT2D eigenvalue weighted by molar-refractivity contribution is 0.112. The molecule has 0 amide bonds. The third kappa shape index (κ3) is 2.56. The number of rotatable bonds is 4. The highest BCUT2D eigenvalue weighted by atomic mass is 19.1. The topological polar surface area (TPSA) is 26.3 Å². The van der Waals surface area contributed by atoms with E-state index in [1.165, 1.54) is 18.6 Å². The van der Waals surface area contributed by atoms with Gasteiger partial charge in [-0.2, -0.15) is 0 Å². The molecule has 0 unspecified atom stereocenters. The number of carbonyl (C=O) groups excluding carboxylic acids is 1. The normalized spacial score (nSPS) is 14.6. The minimum absolute atomic E-state index is 0.250. The van der Waals surface area contributed by atoms with Crippen molar-refractivity contribution in [1.29, 1.82) is 0 Å². The zero-order chi connectivity index (χ0) is 14.8. The van der Waals surface area contributed by atoms with E-state index in [-0.39, 0.29) is 5.82 Å². The van der Waals surface area contributed by atoms with Crippen LogP contribution in [-0.2, 0) is 0 Å². The molecule has 1 saturated carbocycles. The number of hydrogen-bond donors (Lipinski definition) is 0. The van der Waals surface area contributed by atoms with Crippen LogP contribution in [0.4, 0.5) is 4.39 Å². The van der Waals surface area contributed by atoms with Crippen LogP contribution >= 0.6 is 0 Å². The molecule has 0 aliphatic heterocycles. The lowest BCUT2D eigenvalue weighted by atomic mass is 9.76. The van der Waals surface area contributed by atoms with E-state index in [9.17, 15) is 9.18 Å². The monoisotopic (exact) mass is 284 g/mol. The van der Waals surface area contributed by atoms with E-state index in [4.69, 9.17) is 4.74 Å². The van der Waals surface area contributed by atoms with Crippen LogP contribution < -0.4 is 4.74 Å². The first-order valence-corrected chi connectivity index (χ1v) is 7.16. The Kier molecular flexibility index (Phi) is 3.74. The number of carbonyl (C=O) groups is 1. The van der Waals surface area contributed by atoms with Crippen LogP contribution in [0.2, 0.25) is 0 Å². The van der Waals surface area contributed by atoms with Crippen LogP contribution in [0.5, 0.6) is 5.75 Å². The molecule has 108 valence electrons. The van der Waals surface area contributed by atoms with E-state index < -0.39 is 0 Å². The van der Waals surface area contributed by atoms with Crippen LogP contribution in [0.15, 0.2) is 36.4 Å². The molecule has 3 rings (SSSR count). The van der Waals surface area contributed by atoms with Crippen molar-refractivity contribution >= 4 is 6.29 Å². The Labute approximate surface area is 123 Å². The quantitative estimate of drug-likeness (QED) is 0.768. The lowest BCUT2D eigenvalue weighted by Gasteiger charge is -2.29. The predicted molar refractivity (Wildman–Crippen MR) is 80.4 cm³/mol. The molecular formula is C18H17FO2. The molecule has 2 aromatic rings. The van der Waals surface area contributed by atoms with Crippen molar-refractivity contribution in [3.8, 4) is 16.9 Å². The third-order valence-electron chi connectivity index (χ3n) is 4.23. The van der Waals surface area contributed by atoms with Gasteiger partial charge in [-0.1, -0.05) is 18.6 Å². The van der Waals surface area contributed by atoms with Crippen molar-refractivity contribution in [2.45, 2.75) is 25.2 Å². The molecular weight excluding hydrogens is 267 g/mol. The van der Waals surface area contributed by atoms with Gasteiger partial charge in [-0.05, 0) is 59.7 Å². The summed E-state index contributed by atoms with van der Waals surface area (Å²) in [6, 6.07) is 10.3. The first kappa shape index (κ1) is 13.8. The molecule has 0 aromatic heterocycles. The molecule has 0 spiro atoms. The molecule has 2 nitrogen and oxygen atoms in total. The van der Waals surface area contributed by atoms with Crippen molar-refractivity contribution < 1.29 is 13.9 Å². The van der Waals surface area contributed by atoms with Crippen molar-refractivity contribution in [3.63, 3.8) is 0 Å². The summed E-state index contributed by atoms with van der Waals surface area (Å²) in [6.45, 7) is 0. The van der Waals surface area contributed by atoms with Gasteiger partial charge in [0.15, 0.2) is 6.29 Å². The van der Waals surface area contributed by atoms with Crippen LogP contribution in [0.1, 0.15) is 41.1 Å². The summed E-state index contributed by atoms with van der Waals surface area (Å²) >= 11 is 0. The molecule has 1 fully saturated rings. The average molecular weight is 284 g/mol. The van der Waals surface area contributed by atoms with Crippen LogP contribution in [-0.4, -0.2) is 13.4 Å². The van der Waals surface area contributed by atoms with Crippen molar-refractivity contribution in [3.05, 3.63) is 53.3 Å². The van der Waals surface area contributed by atoms with Gasteiger partial charge in [0.25, 0.3) is 0 Å². The third-order valence-corrected chi connectivity index (χ3v) is 4.23. The van der Waals surface area contributed by atoms with Gasteiger partial charge < -0.3 is 4.74 Å². The van der Waals surface area contributed by atoms with Gasteiger partial charge in [0.1, 0.15) is 11.6 Å².